The van der Waals surface area contributed by atoms with Crippen molar-refractivity contribution in [1.82, 2.24) is 15.5 Å². The second-order valence-electron chi connectivity index (χ2n) is 5.04. The molecule has 0 unspecified atom stereocenters. The van der Waals surface area contributed by atoms with Gasteiger partial charge in [-0.3, -0.25) is 5.10 Å². The van der Waals surface area contributed by atoms with Gasteiger partial charge in [-0.25, -0.2) is 0 Å². The summed E-state index contributed by atoms with van der Waals surface area (Å²) in [6, 6.07) is 8.35. The van der Waals surface area contributed by atoms with Crippen LogP contribution < -0.4 is 5.32 Å². The molecule has 2 aromatic rings. The SMILES string of the molecule is Clc1ccc(-c2[nH]ncc2CNC2CCOCC2)cc1. The van der Waals surface area contributed by atoms with Gasteiger partial charge in [-0.2, -0.15) is 5.10 Å². The molecule has 106 valence electrons. The lowest BCUT2D eigenvalue weighted by Gasteiger charge is -2.23. The summed E-state index contributed by atoms with van der Waals surface area (Å²) in [5.74, 6) is 0. The third-order valence-electron chi connectivity index (χ3n) is 3.65. The van der Waals surface area contributed by atoms with Gasteiger partial charge in [0.05, 0.1) is 11.9 Å². The van der Waals surface area contributed by atoms with E-state index in [9.17, 15) is 0 Å². The van der Waals surface area contributed by atoms with Gasteiger partial charge in [-0.05, 0) is 30.5 Å². The number of aromatic nitrogens is 2. The van der Waals surface area contributed by atoms with Gasteiger partial charge < -0.3 is 10.1 Å². The average Bonchev–Trinajstić information content (AvgIpc) is 2.95. The van der Waals surface area contributed by atoms with Gasteiger partial charge in [-0.15, -0.1) is 0 Å². The molecule has 0 amide bonds. The molecule has 5 heteroatoms. The Bertz CT molecular complexity index is 547. The molecule has 1 aliphatic rings. The van der Waals surface area contributed by atoms with Crippen LogP contribution in [0.15, 0.2) is 30.5 Å². The number of aromatic amines is 1. The maximum atomic E-state index is 5.93. The van der Waals surface area contributed by atoms with Gasteiger partial charge in [0.15, 0.2) is 0 Å². The Hall–Kier alpha value is -1.36. The fraction of sp³-hybridized carbons (Fsp3) is 0.400. The molecule has 2 heterocycles. The Morgan fingerprint density at radius 1 is 1.25 bits per heavy atom. The maximum Gasteiger partial charge on any atom is 0.0695 e. The topological polar surface area (TPSA) is 49.9 Å². The molecule has 0 saturated carbocycles. The van der Waals surface area contributed by atoms with Crippen LogP contribution in [0.25, 0.3) is 11.3 Å². The van der Waals surface area contributed by atoms with Crippen molar-refractivity contribution < 1.29 is 4.74 Å². The van der Waals surface area contributed by atoms with Crippen molar-refractivity contribution in [2.24, 2.45) is 0 Å². The number of nitrogens with zero attached hydrogens (tertiary/aromatic N) is 1. The molecule has 0 atom stereocenters. The zero-order chi connectivity index (χ0) is 13.8. The van der Waals surface area contributed by atoms with Crippen LogP contribution in [0.4, 0.5) is 0 Å². The van der Waals surface area contributed by atoms with Gasteiger partial charge in [0.25, 0.3) is 0 Å². The summed E-state index contributed by atoms with van der Waals surface area (Å²) in [6.45, 7) is 2.53. The first-order valence-corrected chi connectivity index (χ1v) is 7.30. The number of H-pyrrole nitrogens is 1. The van der Waals surface area contributed by atoms with E-state index in [-0.39, 0.29) is 0 Å². The Labute approximate surface area is 123 Å². The van der Waals surface area contributed by atoms with Gasteiger partial charge in [0.1, 0.15) is 0 Å². The molecule has 0 radical (unpaired) electrons. The van der Waals surface area contributed by atoms with E-state index in [4.69, 9.17) is 16.3 Å². The normalized spacial score (nSPS) is 16.4. The summed E-state index contributed by atoms with van der Waals surface area (Å²) >= 11 is 5.93. The summed E-state index contributed by atoms with van der Waals surface area (Å²) < 4.78 is 5.37. The highest BCUT2D eigenvalue weighted by Gasteiger charge is 2.14. The molecule has 0 bridgehead atoms. The summed E-state index contributed by atoms with van der Waals surface area (Å²) in [4.78, 5) is 0. The number of rotatable bonds is 4. The van der Waals surface area contributed by atoms with E-state index in [0.29, 0.717) is 6.04 Å². The van der Waals surface area contributed by atoms with E-state index >= 15 is 0 Å². The summed E-state index contributed by atoms with van der Waals surface area (Å²) in [5.41, 5.74) is 3.34. The van der Waals surface area contributed by atoms with Crippen LogP contribution >= 0.6 is 11.6 Å². The first kappa shape index (κ1) is 13.6. The Kier molecular flexibility index (Phi) is 4.35. The number of halogens is 1. The van der Waals surface area contributed by atoms with E-state index in [0.717, 1.165) is 48.9 Å². The molecular weight excluding hydrogens is 274 g/mol. The van der Waals surface area contributed by atoms with Gasteiger partial charge in [0, 0.05) is 36.4 Å². The van der Waals surface area contributed by atoms with Gasteiger partial charge >= 0.3 is 0 Å². The lowest BCUT2D eigenvalue weighted by atomic mass is 10.1. The fourth-order valence-electron chi connectivity index (χ4n) is 2.47. The third-order valence-corrected chi connectivity index (χ3v) is 3.91. The van der Waals surface area contributed by atoms with Crippen molar-refractivity contribution in [3.8, 4) is 11.3 Å². The second-order valence-corrected chi connectivity index (χ2v) is 5.48. The van der Waals surface area contributed by atoms with Gasteiger partial charge in [-0.1, -0.05) is 23.7 Å². The van der Waals surface area contributed by atoms with Crippen molar-refractivity contribution >= 4 is 11.6 Å². The van der Waals surface area contributed by atoms with E-state index in [1.165, 1.54) is 5.56 Å². The molecule has 0 aliphatic carbocycles. The van der Waals surface area contributed by atoms with Crippen LogP contribution in [-0.2, 0) is 11.3 Å². The second kappa shape index (κ2) is 6.39. The quantitative estimate of drug-likeness (QED) is 0.910. The minimum absolute atomic E-state index is 0.539. The minimum Gasteiger partial charge on any atom is -0.381 e. The van der Waals surface area contributed by atoms with Crippen molar-refractivity contribution in [1.29, 1.82) is 0 Å². The zero-order valence-electron chi connectivity index (χ0n) is 11.2. The lowest BCUT2D eigenvalue weighted by Crippen LogP contribution is -2.34. The van der Waals surface area contributed by atoms with Crippen LogP contribution in [0.5, 0.6) is 0 Å². The van der Waals surface area contributed by atoms with E-state index in [1.54, 1.807) is 0 Å². The Morgan fingerprint density at radius 2 is 2.00 bits per heavy atom. The minimum atomic E-state index is 0.539. The standard InChI is InChI=1S/C15H18ClN3O/c16-13-3-1-11(2-4-13)15-12(10-18-19-15)9-17-14-5-7-20-8-6-14/h1-4,10,14,17H,5-9H2,(H,18,19). The smallest absolute Gasteiger partial charge is 0.0695 e. The average molecular weight is 292 g/mol. The number of ether oxygens (including phenoxy) is 1. The summed E-state index contributed by atoms with van der Waals surface area (Å²) in [5, 5.41) is 11.6. The highest BCUT2D eigenvalue weighted by molar-refractivity contribution is 6.30. The van der Waals surface area contributed by atoms with Crippen LogP contribution in [0, 0.1) is 0 Å². The molecule has 1 aliphatic heterocycles. The van der Waals surface area contributed by atoms with E-state index in [2.05, 4.69) is 15.5 Å². The lowest BCUT2D eigenvalue weighted by molar-refractivity contribution is 0.0776. The Balaban J connectivity index is 1.68. The molecule has 2 N–H and O–H groups in total. The molecule has 1 aromatic carbocycles. The monoisotopic (exact) mass is 291 g/mol. The van der Waals surface area contributed by atoms with Crippen molar-refractivity contribution in [2.75, 3.05) is 13.2 Å². The first-order valence-electron chi connectivity index (χ1n) is 6.92. The highest BCUT2D eigenvalue weighted by Crippen LogP contribution is 2.23. The number of benzene rings is 1. The Morgan fingerprint density at radius 3 is 2.75 bits per heavy atom. The van der Waals surface area contributed by atoms with Crippen molar-refractivity contribution in [3.63, 3.8) is 0 Å². The summed E-state index contributed by atoms with van der Waals surface area (Å²) in [7, 11) is 0. The van der Waals surface area contributed by atoms with Crippen LogP contribution in [0.3, 0.4) is 0 Å². The third kappa shape index (κ3) is 3.20. The van der Waals surface area contributed by atoms with Crippen LogP contribution in [0.2, 0.25) is 5.02 Å². The van der Waals surface area contributed by atoms with E-state index < -0.39 is 0 Å². The molecule has 1 aromatic heterocycles. The molecule has 4 nitrogen and oxygen atoms in total. The number of hydrogen-bond donors (Lipinski definition) is 2. The van der Waals surface area contributed by atoms with E-state index in [1.807, 2.05) is 30.5 Å². The van der Waals surface area contributed by atoms with Crippen LogP contribution in [0.1, 0.15) is 18.4 Å². The van der Waals surface area contributed by atoms with Crippen LogP contribution in [-0.4, -0.2) is 29.5 Å². The highest BCUT2D eigenvalue weighted by atomic mass is 35.5. The number of hydrogen-bond acceptors (Lipinski definition) is 3. The zero-order valence-corrected chi connectivity index (χ0v) is 12.0. The molecule has 0 spiro atoms. The van der Waals surface area contributed by atoms with Crippen molar-refractivity contribution in [2.45, 2.75) is 25.4 Å². The first-order chi connectivity index (χ1) is 9.83. The summed E-state index contributed by atoms with van der Waals surface area (Å²) in [6.07, 6.45) is 4.04. The number of nitrogens with one attached hydrogen (secondary N) is 2. The molecular formula is C15H18ClN3O. The molecule has 20 heavy (non-hydrogen) atoms. The molecule has 1 saturated heterocycles. The van der Waals surface area contributed by atoms with Crippen molar-refractivity contribution in [3.05, 3.63) is 41.0 Å². The van der Waals surface area contributed by atoms with Gasteiger partial charge in [0.2, 0.25) is 0 Å². The largest absolute Gasteiger partial charge is 0.381 e. The predicted molar refractivity (Wildman–Crippen MR) is 79.7 cm³/mol. The maximum absolute atomic E-state index is 5.93. The molecule has 1 fully saturated rings. The predicted octanol–water partition coefficient (Wildman–Crippen LogP) is 3.00. The fourth-order valence-corrected chi connectivity index (χ4v) is 2.59. The molecule has 3 rings (SSSR count).